The largest absolute Gasteiger partial charge is 0.223 e. The van der Waals surface area contributed by atoms with Gasteiger partial charge in [-0.15, -0.1) is 0 Å². The normalized spacial score (nSPS) is 7.24. The van der Waals surface area contributed by atoms with Crippen LogP contribution in [0.3, 0.4) is 0 Å². The smallest absolute Gasteiger partial charge is 0.161 e. The zero-order valence-electron chi connectivity index (χ0n) is 8.68. The van der Waals surface area contributed by atoms with Gasteiger partial charge in [0.15, 0.2) is 11.4 Å². The van der Waals surface area contributed by atoms with Crippen LogP contribution in [0.2, 0.25) is 0 Å². The molecule has 7 heteroatoms. The minimum absolute atomic E-state index is 0. The first-order valence-electron chi connectivity index (χ1n) is 3.82. The minimum atomic E-state index is -0.324. The average molecular weight is 227 g/mol. The molecule has 1 aromatic rings. The van der Waals surface area contributed by atoms with Gasteiger partial charge in [-0.1, -0.05) is 0 Å². The maximum Gasteiger partial charge on any atom is 0.161 e. The quantitative estimate of drug-likeness (QED) is 0.575. The molecule has 0 atom stereocenters. The van der Waals surface area contributed by atoms with Crippen molar-refractivity contribution in [2.24, 2.45) is 0 Å². The molecule has 71 valence electrons. The van der Waals surface area contributed by atoms with Crippen molar-refractivity contribution in [1.82, 2.24) is 4.98 Å². The van der Waals surface area contributed by atoms with E-state index in [4.69, 9.17) is 26.3 Å². The second-order valence-electron chi connectivity index (χ2n) is 2.49. The van der Waals surface area contributed by atoms with E-state index in [-0.39, 0.29) is 57.6 Å². The summed E-state index contributed by atoms with van der Waals surface area (Å²) in [5, 5.41) is 43.7. The summed E-state index contributed by atoms with van der Waals surface area (Å²) in [6.07, 6.45) is 0. The van der Waals surface area contributed by atoms with Crippen LogP contribution < -0.4 is 0 Å². The number of aromatic nitrogens is 1. The molecule has 0 saturated carbocycles. The van der Waals surface area contributed by atoms with Crippen molar-refractivity contribution in [3.63, 3.8) is 0 Å². The number of hydrogen-bond acceptors (Lipinski definition) is 6. The maximum absolute atomic E-state index is 8.80. The van der Waals surface area contributed by atoms with Crippen molar-refractivity contribution in [2.45, 2.75) is 0 Å². The van der Waals surface area contributed by atoms with Crippen molar-refractivity contribution >= 4 is 29.6 Å². The van der Waals surface area contributed by atoms with Crippen LogP contribution in [0, 0.1) is 56.7 Å². The molecule has 1 radical (unpaired) electrons. The van der Waals surface area contributed by atoms with Crippen LogP contribution in [0.25, 0.3) is 0 Å². The van der Waals surface area contributed by atoms with Gasteiger partial charge in [0.2, 0.25) is 0 Å². The maximum atomic E-state index is 8.80. The molecule has 0 aliphatic rings. The Kier molecular flexibility index (Phi) is 5.36. The molecule has 0 bridgehead atoms. The molecule has 0 aliphatic heterocycles. The number of nitrogens with zero attached hydrogens (tertiary/aromatic N) is 6. The molecule has 0 saturated heterocycles. The van der Waals surface area contributed by atoms with Crippen molar-refractivity contribution < 1.29 is 0 Å². The van der Waals surface area contributed by atoms with Crippen LogP contribution in [-0.2, 0) is 0 Å². The Balaban J connectivity index is 0.00000256. The van der Waals surface area contributed by atoms with E-state index in [2.05, 4.69) is 4.98 Å². The molecule has 0 amide bonds. The summed E-state index contributed by atoms with van der Waals surface area (Å²) < 4.78 is 0. The van der Waals surface area contributed by atoms with E-state index in [0.29, 0.717) is 0 Å². The van der Waals surface area contributed by atoms with Gasteiger partial charge in [0.25, 0.3) is 0 Å². The van der Waals surface area contributed by atoms with Crippen LogP contribution in [0.4, 0.5) is 0 Å². The number of nitriles is 5. The van der Waals surface area contributed by atoms with Gasteiger partial charge in [-0.3, -0.25) is 0 Å². The molecule has 1 rings (SSSR count). The first kappa shape index (κ1) is 14.6. The van der Waals surface area contributed by atoms with E-state index >= 15 is 0 Å². The Hall–Kier alpha value is -2.40. The van der Waals surface area contributed by atoms with Gasteiger partial charge >= 0.3 is 0 Å². The van der Waals surface area contributed by atoms with Crippen molar-refractivity contribution in [3.8, 4) is 30.3 Å². The number of rotatable bonds is 0. The molecule has 0 spiro atoms. The molecule has 0 aliphatic carbocycles. The summed E-state index contributed by atoms with van der Waals surface area (Å²) in [5.74, 6) is 0. The monoisotopic (exact) mass is 227 g/mol. The molecule has 0 aromatic carbocycles. The minimum Gasteiger partial charge on any atom is -0.223 e. The topological polar surface area (TPSA) is 132 Å². The van der Waals surface area contributed by atoms with Gasteiger partial charge in [0.05, 0.1) is 5.56 Å². The average Bonchev–Trinajstić information content (AvgIpc) is 2.35. The van der Waals surface area contributed by atoms with Gasteiger partial charge in [0, 0.05) is 29.6 Å². The van der Waals surface area contributed by atoms with E-state index in [1.807, 2.05) is 0 Å². The van der Waals surface area contributed by atoms with Gasteiger partial charge in [-0.25, -0.2) is 4.98 Å². The fraction of sp³-hybridized carbons (Fsp3) is 0. The van der Waals surface area contributed by atoms with Crippen molar-refractivity contribution in [2.75, 3.05) is 0 Å². The molecule has 0 unspecified atom stereocenters. The van der Waals surface area contributed by atoms with Crippen LogP contribution in [0.5, 0.6) is 0 Å². The van der Waals surface area contributed by atoms with E-state index in [1.165, 1.54) is 0 Å². The molecular formula is C10N6Na. The first-order valence-corrected chi connectivity index (χ1v) is 3.82. The summed E-state index contributed by atoms with van der Waals surface area (Å²) in [7, 11) is 0. The second-order valence-corrected chi connectivity index (χ2v) is 2.49. The van der Waals surface area contributed by atoms with Crippen LogP contribution in [0.15, 0.2) is 0 Å². The predicted molar refractivity (Wildman–Crippen MR) is 53.6 cm³/mol. The third-order valence-electron chi connectivity index (χ3n) is 1.74. The second kappa shape index (κ2) is 6.24. The Morgan fingerprint density at radius 1 is 0.588 bits per heavy atom. The Bertz CT molecular complexity index is 621. The third-order valence-corrected chi connectivity index (χ3v) is 1.74. The summed E-state index contributed by atoms with van der Waals surface area (Å²) in [6, 6.07) is 8.08. The van der Waals surface area contributed by atoms with Gasteiger partial charge in [-0.2, -0.15) is 26.3 Å². The van der Waals surface area contributed by atoms with Gasteiger partial charge in [0.1, 0.15) is 41.5 Å². The Labute approximate surface area is 119 Å². The zero-order chi connectivity index (χ0) is 12.1. The molecule has 1 heterocycles. The molecule has 0 fully saturated rings. The summed E-state index contributed by atoms with van der Waals surface area (Å²) in [4.78, 5) is 3.54. The van der Waals surface area contributed by atoms with E-state index in [0.717, 1.165) is 0 Å². The Morgan fingerprint density at radius 3 is 1.18 bits per heavy atom. The van der Waals surface area contributed by atoms with Crippen LogP contribution in [0.1, 0.15) is 28.1 Å². The zero-order valence-corrected chi connectivity index (χ0v) is 10.7. The molecule has 0 N–H and O–H groups in total. The first-order chi connectivity index (χ1) is 7.73. The van der Waals surface area contributed by atoms with Crippen LogP contribution >= 0.6 is 0 Å². The number of pyridine rings is 1. The summed E-state index contributed by atoms with van der Waals surface area (Å²) >= 11 is 0. The fourth-order valence-electron chi connectivity index (χ4n) is 1.08. The fourth-order valence-corrected chi connectivity index (χ4v) is 1.08. The van der Waals surface area contributed by atoms with Gasteiger partial charge in [-0.05, 0) is 0 Å². The number of hydrogen-bond donors (Lipinski definition) is 0. The standard InChI is InChI=1S/C10N6.Na/c11-1-6-7(2-12)9(4-14)16-10(5-15)8(6)3-13;. The Morgan fingerprint density at radius 2 is 0.941 bits per heavy atom. The van der Waals surface area contributed by atoms with Gasteiger partial charge < -0.3 is 0 Å². The van der Waals surface area contributed by atoms with Crippen molar-refractivity contribution in [3.05, 3.63) is 28.1 Å². The van der Waals surface area contributed by atoms with E-state index in [1.54, 1.807) is 30.3 Å². The SMILES string of the molecule is N#Cc1nc(C#N)c(C#N)c(C#N)c1C#N.[Na]. The molecule has 1 aromatic heterocycles. The third kappa shape index (κ3) is 2.40. The molecule has 6 nitrogen and oxygen atoms in total. The molecule has 17 heavy (non-hydrogen) atoms. The predicted octanol–water partition coefficient (Wildman–Crippen LogP) is 0.0592. The summed E-state index contributed by atoms with van der Waals surface area (Å²) in [6.45, 7) is 0. The van der Waals surface area contributed by atoms with Crippen LogP contribution in [-0.4, -0.2) is 34.5 Å². The van der Waals surface area contributed by atoms with Crippen molar-refractivity contribution in [1.29, 1.82) is 26.3 Å². The van der Waals surface area contributed by atoms with E-state index in [9.17, 15) is 0 Å². The summed E-state index contributed by atoms with van der Waals surface area (Å²) in [5.41, 5.74) is -1.49. The molecular weight excluding hydrogens is 227 g/mol. The van der Waals surface area contributed by atoms with E-state index < -0.39 is 0 Å².